The molecule has 25 heavy (non-hydrogen) atoms. The minimum Gasteiger partial charge on any atom is -0.339 e. The van der Waals surface area contributed by atoms with Crippen LogP contribution in [0, 0.1) is 0 Å². The summed E-state index contributed by atoms with van der Waals surface area (Å²) in [6.07, 6.45) is 3.76. The number of amides is 1. The minimum atomic E-state index is 0. The van der Waals surface area contributed by atoms with Gasteiger partial charge in [0.05, 0.1) is 0 Å². The highest BCUT2D eigenvalue weighted by Gasteiger charge is 2.24. The van der Waals surface area contributed by atoms with Crippen LogP contribution in [0.1, 0.15) is 36.7 Å². The van der Waals surface area contributed by atoms with Crippen LogP contribution in [0.2, 0.25) is 0 Å². The molecule has 1 aliphatic rings. The smallest absolute Gasteiger partial charge is 0.253 e. The van der Waals surface area contributed by atoms with Gasteiger partial charge in [-0.15, -0.1) is 12.4 Å². The van der Waals surface area contributed by atoms with Gasteiger partial charge in [0, 0.05) is 51.2 Å². The molecule has 5 nitrogen and oxygen atoms in total. The van der Waals surface area contributed by atoms with Crippen molar-refractivity contribution in [2.24, 2.45) is 7.05 Å². The Balaban J connectivity index is 0.00000225. The van der Waals surface area contributed by atoms with E-state index in [9.17, 15) is 4.79 Å². The number of hydrogen-bond donors (Lipinski definition) is 0. The average Bonchev–Trinajstić information content (AvgIpc) is 3.00. The molecule has 0 unspecified atom stereocenters. The summed E-state index contributed by atoms with van der Waals surface area (Å²) >= 11 is 0. The molecule has 0 N–H and O–H groups in total. The first-order valence-electron chi connectivity index (χ1n) is 8.48. The Morgan fingerprint density at radius 1 is 1.04 bits per heavy atom. The van der Waals surface area contributed by atoms with Gasteiger partial charge < -0.3 is 14.4 Å². The lowest BCUT2D eigenvalue weighted by Gasteiger charge is -2.35. The van der Waals surface area contributed by atoms with Gasteiger partial charge in [-0.1, -0.05) is 32.9 Å². The van der Waals surface area contributed by atoms with Crippen molar-refractivity contribution >= 4 is 24.3 Å². The fraction of sp³-hybridized carbons (Fsp3) is 0.474. The molecule has 0 radical (unpaired) electrons. The lowest BCUT2D eigenvalue weighted by Crippen LogP contribution is -2.49. The third-order valence-corrected chi connectivity index (χ3v) is 4.64. The minimum absolute atomic E-state index is 0. The Hall–Kier alpha value is -2.01. The zero-order valence-corrected chi connectivity index (χ0v) is 16.2. The lowest BCUT2D eigenvalue weighted by molar-refractivity contribution is 0.0746. The number of hydrogen-bond acceptors (Lipinski definition) is 3. The predicted octanol–water partition coefficient (Wildman–Crippen LogP) is 3.10. The van der Waals surface area contributed by atoms with Crippen LogP contribution >= 0.6 is 12.4 Å². The van der Waals surface area contributed by atoms with E-state index in [1.54, 1.807) is 0 Å². The number of carbonyl (C=O) groups excluding carboxylic acids is 1. The zero-order valence-electron chi connectivity index (χ0n) is 15.4. The Morgan fingerprint density at radius 2 is 1.64 bits per heavy atom. The monoisotopic (exact) mass is 362 g/mol. The van der Waals surface area contributed by atoms with Gasteiger partial charge in [0.15, 0.2) is 0 Å². The summed E-state index contributed by atoms with van der Waals surface area (Å²) in [7, 11) is 2.00. The van der Waals surface area contributed by atoms with E-state index >= 15 is 0 Å². The van der Waals surface area contributed by atoms with Crippen LogP contribution in [-0.2, 0) is 12.5 Å². The van der Waals surface area contributed by atoms with Crippen LogP contribution in [-0.4, -0.2) is 46.5 Å². The molecule has 1 aliphatic heterocycles. The van der Waals surface area contributed by atoms with Gasteiger partial charge in [0.25, 0.3) is 5.91 Å². The van der Waals surface area contributed by atoms with E-state index in [0.717, 1.165) is 37.7 Å². The van der Waals surface area contributed by atoms with Crippen LogP contribution in [0.15, 0.2) is 36.7 Å². The topological polar surface area (TPSA) is 41.4 Å². The SMILES string of the molecule is Cl.Cn1ccnc1N1CCN(C(=O)c2ccc(C(C)(C)C)cc2)CC1. The van der Waals surface area contributed by atoms with Crippen LogP contribution in [0.5, 0.6) is 0 Å². The highest BCUT2D eigenvalue weighted by Crippen LogP contribution is 2.23. The number of halogens is 1. The molecule has 1 amide bonds. The summed E-state index contributed by atoms with van der Waals surface area (Å²) in [4.78, 5) is 21.3. The number of piperazine rings is 1. The van der Waals surface area contributed by atoms with Crippen LogP contribution < -0.4 is 4.90 Å². The molecular weight excluding hydrogens is 336 g/mol. The molecule has 0 aliphatic carbocycles. The first-order valence-corrected chi connectivity index (χ1v) is 8.48. The Kier molecular flexibility index (Phi) is 5.78. The summed E-state index contributed by atoms with van der Waals surface area (Å²) in [5.41, 5.74) is 2.13. The van der Waals surface area contributed by atoms with E-state index in [1.807, 2.05) is 41.0 Å². The van der Waals surface area contributed by atoms with Gasteiger partial charge in [-0.2, -0.15) is 0 Å². The second-order valence-corrected chi connectivity index (χ2v) is 7.44. The molecule has 1 saturated heterocycles. The number of aryl methyl sites for hydroxylation is 1. The number of benzene rings is 1. The molecular formula is C19H27ClN4O. The maximum absolute atomic E-state index is 12.7. The molecule has 3 rings (SSSR count). The highest BCUT2D eigenvalue weighted by molar-refractivity contribution is 5.94. The van der Waals surface area contributed by atoms with Gasteiger partial charge in [-0.25, -0.2) is 4.98 Å². The number of carbonyl (C=O) groups is 1. The highest BCUT2D eigenvalue weighted by atomic mass is 35.5. The summed E-state index contributed by atoms with van der Waals surface area (Å²) < 4.78 is 2.02. The zero-order chi connectivity index (χ0) is 17.3. The van der Waals surface area contributed by atoms with Crippen LogP contribution in [0.25, 0.3) is 0 Å². The second-order valence-electron chi connectivity index (χ2n) is 7.44. The Labute approximate surface area is 156 Å². The van der Waals surface area contributed by atoms with E-state index in [4.69, 9.17) is 0 Å². The molecule has 1 aromatic heterocycles. The van der Waals surface area contributed by atoms with E-state index < -0.39 is 0 Å². The molecule has 0 spiro atoms. The van der Waals surface area contributed by atoms with Crippen LogP contribution in [0.4, 0.5) is 5.95 Å². The van der Waals surface area contributed by atoms with Gasteiger partial charge >= 0.3 is 0 Å². The first kappa shape index (κ1) is 19.3. The Morgan fingerprint density at radius 3 is 2.12 bits per heavy atom. The third kappa shape index (κ3) is 4.15. The van der Waals surface area contributed by atoms with Crippen molar-refractivity contribution in [2.75, 3.05) is 31.1 Å². The lowest BCUT2D eigenvalue weighted by atomic mass is 9.86. The number of imidazole rings is 1. The van der Waals surface area contributed by atoms with Crippen molar-refractivity contribution in [3.63, 3.8) is 0 Å². The number of anilines is 1. The fourth-order valence-corrected chi connectivity index (χ4v) is 3.07. The van der Waals surface area contributed by atoms with E-state index in [1.165, 1.54) is 5.56 Å². The van der Waals surface area contributed by atoms with Gasteiger partial charge in [0.1, 0.15) is 0 Å². The summed E-state index contributed by atoms with van der Waals surface area (Å²) in [6, 6.07) is 8.04. The van der Waals surface area contributed by atoms with E-state index in [0.29, 0.717) is 0 Å². The van der Waals surface area contributed by atoms with Crippen molar-refractivity contribution in [3.8, 4) is 0 Å². The molecule has 0 bridgehead atoms. The fourth-order valence-electron chi connectivity index (χ4n) is 3.07. The summed E-state index contributed by atoms with van der Waals surface area (Å²) in [5, 5.41) is 0. The van der Waals surface area contributed by atoms with Gasteiger partial charge in [-0.05, 0) is 23.1 Å². The van der Waals surface area contributed by atoms with Crippen LogP contribution in [0.3, 0.4) is 0 Å². The number of rotatable bonds is 2. The maximum Gasteiger partial charge on any atom is 0.253 e. The second kappa shape index (κ2) is 7.48. The summed E-state index contributed by atoms with van der Waals surface area (Å²) in [5.74, 6) is 1.09. The standard InChI is InChI=1S/C19H26N4O.ClH/c1-19(2,3)16-7-5-15(6-8-16)17(24)22-11-13-23(14-12-22)18-20-9-10-21(18)4;/h5-10H,11-14H2,1-4H3;1H. The van der Waals surface area contributed by atoms with E-state index in [2.05, 4.69) is 42.8 Å². The third-order valence-electron chi connectivity index (χ3n) is 4.64. The number of nitrogens with zero attached hydrogens (tertiary/aromatic N) is 4. The molecule has 2 heterocycles. The molecule has 136 valence electrons. The number of aromatic nitrogens is 2. The average molecular weight is 363 g/mol. The first-order chi connectivity index (χ1) is 11.4. The Bertz CT molecular complexity index is 710. The molecule has 1 fully saturated rings. The molecule has 0 atom stereocenters. The van der Waals surface area contributed by atoms with Gasteiger partial charge in [0.2, 0.25) is 5.95 Å². The van der Waals surface area contributed by atoms with Crippen molar-refractivity contribution in [1.29, 1.82) is 0 Å². The van der Waals surface area contributed by atoms with Crippen molar-refractivity contribution in [2.45, 2.75) is 26.2 Å². The van der Waals surface area contributed by atoms with E-state index in [-0.39, 0.29) is 23.7 Å². The van der Waals surface area contributed by atoms with Crippen molar-refractivity contribution < 1.29 is 4.79 Å². The largest absolute Gasteiger partial charge is 0.339 e. The predicted molar refractivity (Wildman–Crippen MR) is 104 cm³/mol. The normalized spacial score (nSPS) is 15.0. The van der Waals surface area contributed by atoms with Gasteiger partial charge in [-0.3, -0.25) is 4.79 Å². The molecule has 2 aromatic rings. The molecule has 1 aromatic carbocycles. The maximum atomic E-state index is 12.7. The summed E-state index contributed by atoms with van der Waals surface area (Å²) in [6.45, 7) is 9.63. The molecule has 6 heteroatoms. The van der Waals surface area contributed by atoms with Crippen molar-refractivity contribution in [1.82, 2.24) is 14.5 Å². The van der Waals surface area contributed by atoms with Crippen molar-refractivity contribution in [3.05, 3.63) is 47.8 Å². The quantitative estimate of drug-likeness (QED) is 0.824. The molecule has 0 saturated carbocycles.